The second kappa shape index (κ2) is 15.7. The van der Waals surface area contributed by atoms with Crippen LogP contribution >= 0.6 is 0 Å². The highest BCUT2D eigenvalue weighted by atomic mass is 16.3. The maximum atomic E-state index is 9.06. The minimum atomic E-state index is 0.0938. The van der Waals surface area contributed by atoms with E-state index in [9.17, 15) is 0 Å². The predicted molar refractivity (Wildman–Crippen MR) is 35.0 cm³/mol. The van der Waals surface area contributed by atoms with E-state index in [1.165, 1.54) is 6.08 Å². The minimum absolute atomic E-state index is 0.0938. The molecule has 0 aromatic rings. The summed E-state index contributed by atoms with van der Waals surface area (Å²) in [5, 5.41) is 15.8. The fourth-order valence-corrected chi connectivity index (χ4v) is 0.0707. The lowest BCUT2D eigenvalue weighted by molar-refractivity contribution is -0.104. The van der Waals surface area contributed by atoms with Crippen molar-refractivity contribution in [1.82, 2.24) is 0 Å². The lowest BCUT2D eigenvalue weighted by atomic mass is 10.5. The van der Waals surface area contributed by atoms with Gasteiger partial charge in [0.2, 0.25) is 0 Å². The van der Waals surface area contributed by atoms with Gasteiger partial charge in [0.15, 0.2) is 0 Å². The molecule has 3 heteroatoms. The Bertz CT molecular complexity index is 53.3. The first-order chi connectivity index (χ1) is 4.33. The maximum Gasteiger partial charge on any atom is 0.142 e. The van der Waals surface area contributed by atoms with Gasteiger partial charge in [0.05, 0.1) is 0 Å². The van der Waals surface area contributed by atoms with Crippen LogP contribution in [0.3, 0.4) is 0 Å². The molecule has 54 valence electrons. The Hall–Kier alpha value is -0.670. The molecule has 0 radical (unpaired) electrons. The molecule has 0 aliphatic carbocycles. The zero-order chi connectivity index (χ0) is 7.54. The molecule has 0 saturated carbocycles. The molecule has 0 atom stereocenters. The summed E-state index contributed by atoms with van der Waals surface area (Å²) in [6.45, 7) is 3.30. The van der Waals surface area contributed by atoms with Crippen LogP contribution < -0.4 is 0 Å². The lowest BCUT2D eigenvalue weighted by Crippen LogP contribution is -1.85. The Morgan fingerprint density at radius 2 is 1.67 bits per heavy atom. The SMILES string of the molecule is C=CC=O.OCCCO. The molecule has 0 saturated heterocycles. The number of carbonyl (C=O) groups excluding carboxylic acids is 1. The maximum absolute atomic E-state index is 9.06. The first-order valence-corrected chi connectivity index (χ1v) is 2.61. The summed E-state index contributed by atoms with van der Waals surface area (Å²) in [5.74, 6) is 0. The van der Waals surface area contributed by atoms with Crippen molar-refractivity contribution in [2.24, 2.45) is 0 Å². The molecule has 0 unspecified atom stereocenters. The molecule has 0 aromatic carbocycles. The van der Waals surface area contributed by atoms with Crippen LogP contribution in [-0.4, -0.2) is 29.7 Å². The van der Waals surface area contributed by atoms with E-state index in [1.54, 1.807) is 0 Å². The molecule has 3 nitrogen and oxygen atoms in total. The summed E-state index contributed by atoms with van der Waals surface area (Å²) in [6, 6.07) is 0. The van der Waals surface area contributed by atoms with Crippen LogP contribution in [0.5, 0.6) is 0 Å². The van der Waals surface area contributed by atoms with Gasteiger partial charge in [-0.15, -0.1) is 0 Å². The highest BCUT2D eigenvalue weighted by Crippen LogP contribution is 1.65. The van der Waals surface area contributed by atoms with Crippen LogP contribution in [0.15, 0.2) is 12.7 Å². The van der Waals surface area contributed by atoms with E-state index in [2.05, 4.69) is 6.58 Å². The third-order valence-electron chi connectivity index (χ3n) is 0.412. The van der Waals surface area contributed by atoms with Crippen molar-refractivity contribution in [2.45, 2.75) is 6.42 Å². The zero-order valence-corrected chi connectivity index (χ0v) is 5.29. The highest BCUT2D eigenvalue weighted by molar-refractivity contribution is 5.63. The van der Waals surface area contributed by atoms with Gasteiger partial charge in [0, 0.05) is 13.2 Å². The average molecular weight is 132 g/mol. The number of aldehydes is 1. The fraction of sp³-hybridized carbons (Fsp3) is 0.500. The van der Waals surface area contributed by atoms with Gasteiger partial charge in [0.1, 0.15) is 6.29 Å². The summed E-state index contributed by atoms with van der Waals surface area (Å²) < 4.78 is 0. The van der Waals surface area contributed by atoms with Crippen LogP contribution in [0.4, 0.5) is 0 Å². The monoisotopic (exact) mass is 132 g/mol. The van der Waals surface area contributed by atoms with Crippen molar-refractivity contribution in [1.29, 1.82) is 0 Å². The standard InChI is InChI=1S/C3H8O2.C3H4O/c4-2-1-3-5;1-2-3-4/h4-5H,1-3H2;2-3H,1H2. The number of rotatable bonds is 3. The highest BCUT2D eigenvalue weighted by Gasteiger charge is 1.70. The quantitative estimate of drug-likeness (QED) is 0.410. The number of hydrogen-bond donors (Lipinski definition) is 2. The van der Waals surface area contributed by atoms with E-state index in [0.29, 0.717) is 12.7 Å². The van der Waals surface area contributed by atoms with Gasteiger partial charge in [-0.25, -0.2) is 0 Å². The van der Waals surface area contributed by atoms with Gasteiger partial charge in [-0.05, 0) is 12.5 Å². The average Bonchev–Trinajstić information content (AvgIpc) is 1.91. The van der Waals surface area contributed by atoms with E-state index in [4.69, 9.17) is 15.0 Å². The van der Waals surface area contributed by atoms with E-state index < -0.39 is 0 Å². The lowest BCUT2D eigenvalue weighted by Gasteiger charge is -1.79. The second-order valence-electron chi connectivity index (χ2n) is 1.17. The summed E-state index contributed by atoms with van der Waals surface area (Å²) in [4.78, 5) is 9.06. The third-order valence-corrected chi connectivity index (χ3v) is 0.412. The number of carbonyl (C=O) groups is 1. The van der Waals surface area contributed by atoms with Gasteiger partial charge in [-0.3, -0.25) is 4.79 Å². The molecule has 0 aliphatic rings. The molecule has 0 spiro atoms. The second-order valence-corrected chi connectivity index (χ2v) is 1.17. The number of hydrogen-bond acceptors (Lipinski definition) is 3. The van der Waals surface area contributed by atoms with Crippen molar-refractivity contribution in [2.75, 3.05) is 13.2 Å². The molecule has 0 heterocycles. The molecule has 0 rings (SSSR count). The summed E-state index contributed by atoms with van der Waals surface area (Å²) >= 11 is 0. The molecule has 0 aliphatic heterocycles. The Morgan fingerprint density at radius 3 is 1.67 bits per heavy atom. The zero-order valence-electron chi connectivity index (χ0n) is 5.29. The van der Waals surface area contributed by atoms with Gasteiger partial charge in [0.25, 0.3) is 0 Å². The van der Waals surface area contributed by atoms with Gasteiger partial charge in [-0.2, -0.15) is 0 Å². The van der Waals surface area contributed by atoms with E-state index >= 15 is 0 Å². The van der Waals surface area contributed by atoms with Crippen molar-refractivity contribution >= 4 is 6.29 Å². The summed E-state index contributed by atoms with van der Waals surface area (Å²) in [7, 11) is 0. The van der Waals surface area contributed by atoms with Crippen LogP contribution in [0.1, 0.15) is 6.42 Å². The number of allylic oxidation sites excluding steroid dienone is 1. The molecule has 0 aromatic heterocycles. The van der Waals surface area contributed by atoms with Crippen molar-refractivity contribution in [3.63, 3.8) is 0 Å². The van der Waals surface area contributed by atoms with Gasteiger partial charge in [-0.1, -0.05) is 6.58 Å². The Balaban J connectivity index is 0. The molecule has 2 N–H and O–H groups in total. The van der Waals surface area contributed by atoms with E-state index in [0.717, 1.165) is 0 Å². The first kappa shape index (κ1) is 11.2. The molecule has 0 bridgehead atoms. The Labute approximate surface area is 54.6 Å². The normalized spacial score (nSPS) is 6.89. The van der Waals surface area contributed by atoms with E-state index in [1.807, 2.05) is 0 Å². The summed E-state index contributed by atoms with van der Waals surface area (Å²) in [5.41, 5.74) is 0. The molecular weight excluding hydrogens is 120 g/mol. The largest absolute Gasteiger partial charge is 0.396 e. The Morgan fingerprint density at radius 1 is 1.33 bits per heavy atom. The predicted octanol–water partition coefficient (Wildman–Crippen LogP) is -0.268. The Kier molecular flexibility index (Phi) is 19.4. The topological polar surface area (TPSA) is 57.5 Å². The molecule has 0 amide bonds. The van der Waals surface area contributed by atoms with Crippen LogP contribution in [-0.2, 0) is 4.79 Å². The van der Waals surface area contributed by atoms with Gasteiger partial charge >= 0.3 is 0 Å². The minimum Gasteiger partial charge on any atom is -0.396 e. The molecule has 0 fully saturated rings. The van der Waals surface area contributed by atoms with Crippen molar-refractivity contribution in [3.05, 3.63) is 12.7 Å². The number of aliphatic hydroxyl groups is 2. The smallest absolute Gasteiger partial charge is 0.142 e. The molecular formula is C6H12O3. The van der Waals surface area contributed by atoms with Crippen molar-refractivity contribution in [3.8, 4) is 0 Å². The van der Waals surface area contributed by atoms with Crippen LogP contribution in [0.25, 0.3) is 0 Å². The fourth-order valence-electron chi connectivity index (χ4n) is 0.0707. The third kappa shape index (κ3) is 38.4. The molecule has 9 heavy (non-hydrogen) atoms. The van der Waals surface area contributed by atoms with E-state index in [-0.39, 0.29) is 13.2 Å². The summed E-state index contributed by atoms with van der Waals surface area (Å²) in [6.07, 6.45) is 2.33. The van der Waals surface area contributed by atoms with Crippen LogP contribution in [0.2, 0.25) is 0 Å². The van der Waals surface area contributed by atoms with Gasteiger partial charge < -0.3 is 10.2 Å². The van der Waals surface area contributed by atoms with Crippen molar-refractivity contribution < 1.29 is 15.0 Å². The van der Waals surface area contributed by atoms with Crippen LogP contribution in [0, 0.1) is 0 Å². The first-order valence-electron chi connectivity index (χ1n) is 2.61. The number of aliphatic hydroxyl groups excluding tert-OH is 2.